The molecule has 1 saturated heterocycles. The van der Waals surface area contributed by atoms with Crippen molar-refractivity contribution in [2.75, 3.05) is 40.5 Å². The van der Waals surface area contributed by atoms with Crippen LogP contribution in [0.25, 0.3) is 6.08 Å². The number of methoxy groups -OCH3 is 2. The van der Waals surface area contributed by atoms with Gasteiger partial charge in [0.15, 0.2) is 11.5 Å². The van der Waals surface area contributed by atoms with Gasteiger partial charge in [-0.15, -0.1) is 0 Å². The Bertz CT molecular complexity index is 1130. The van der Waals surface area contributed by atoms with E-state index >= 15 is 0 Å². The quantitative estimate of drug-likeness (QED) is 0.456. The Hall–Kier alpha value is -3.41. The van der Waals surface area contributed by atoms with Crippen LogP contribution in [-0.2, 0) is 19.6 Å². The Balaban J connectivity index is 1.55. The van der Waals surface area contributed by atoms with Gasteiger partial charge in [-0.3, -0.25) is 20.4 Å². The highest BCUT2D eigenvalue weighted by Crippen LogP contribution is 2.27. The van der Waals surface area contributed by atoms with E-state index in [9.17, 15) is 18.0 Å². The minimum atomic E-state index is -3.58. The van der Waals surface area contributed by atoms with E-state index in [2.05, 4.69) is 10.9 Å². The van der Waals surface area contributed by atoms with Gasteiger partial charge in [0.1, 0.15) is 0 Å². The SMILES string of the molecule is COc1ccc(C(=O)NNC(=O)/C=C/c2ccc(S(=O)(=O)N3CCOCC3)cc2)cc1OC. The second-order valence-corrected chi connectivity index (χ2v) is 8.87. The average Bonchev–Trinajstić information content (AvgIpc) is 2.86. The van der Waals surface area contributed by atoms with E-state index in [1.807, 2.05) is 0 Å². The number of carbonyl (C=O) groups excluding carboxylic acids is 2. The van der Waals surface area contributed by atoms with Crippen LogP contribution in [0.4, 0.5) is 0 Å². The van der Waals surface area contributed by atoms with Crippen LogP contribution in [0.15, 0.2) is 53.4 Å². The zero-order valence-corrected chi connectivity index (χ0v) is 19.1. The van der Waals surface area contributed by atoms with Crippen molar-refractivity contribution in [2.45, 2.75) is 4.90 Å². The molecular weight excluding hydrogens is 450 g/mol. The van der Waals surface area contributed by atoms with Gasteiger partial charge < -0.3 is 14.2 Å². The maximum Gasteiger partial charge on any atom is 0.269 e. The lowest BCUT2D eigenvalue weighted by atomic mass is 10.2. The van der Waals surface area contributed by atoms with Crippen LogP contribution in [0.3, 0.4) is 0 Å². The van der Waals surface area contributed by atoms with Crippen LogP contribution in [0.2, 0.25) is 0 Å². The van der Waals surface area contributed by atoms with Crippen molar-refractivity contribution < 1.29 is 32.2 Å². The van der Waals surface area contributed by atoms with Gasteiger partial charge in [0.2, 0.25) is 10.0 Å². The molecule has 0 bridgehead atoms. The molecule has 3 rings (SSSR count). The Morgan fingerprint density at radius 3 is 2.27 bits per heavy atom. The molecule has 10 nitrogen and oxygen atoms in total. The smallest absolute Gasteiger partial charge is 0.269 e. The molecule has 2 amide bonds. The molecule has 1 aliphatic heterocycles. The number of nitrogens with zero attached hydrogens (tertiary/aromatic N) is 1. The van der Waals surface area contributed by atoms with E-state index in [1.54, 1.807) is 18.2 Å². The van der Waals surface area contributed by atoms with Crippen LogP contribution in [0.1, 0.15) is 15.9 Å². The summed E-state index contributed by atoms with van der Waals surface area (Å²) in [5.74, 6) is -0.232. The molecule has 33 heavy (non-hydrogen) atoms. The van der Waals surface area contributed by atoms with E-state index in [1.165, 1.54) is 54.9 Å². The molecule has 2 aromatic rings. The number of hydrogen-bond donors (Lipinski definition) is 2. The van der Waals surface area contributed by atoms with Crippen molar-refractivity contribution in [2.24, 2.45) is 0 Å². The van der Waals surface area contributed by atoms with E-state index in [0.29, 0.717) is 43.4 Å². The van der Waals surface area contributed by atoms with Gasteiger partial charge in [0.25, 0.3) is 11.8 Å². The average molecular weight is 476 g/mol. The maximum absolute atomic E-state index is 12.6. The first-order valence-corrected chi connectivity index (χ1v) is 11.5. The summed E-state index contributed by atoms with van der Waals surface area (Å²) < 4.78 is 42.1. The molecule has 0 spiro atoms. The van der Waals surface area contributed by atoms with Crippen LogP contribution in [0.5, 0.6) is 11.5 Å². The lowest BCUT2D eigenvalue weighted by molar-refractivity contribution is -0.117. The summed E-state index contributed by atoms with van der Waals surface area (Å²) in [6.45, 7) is 1.38. The molecule has 0 atom stereocenters. The number of carbonyl (C=O) groups is 2. The molecule has 0 saturated carbocycles. The van der Waals surface area contributed by atoms with Gasteiger partial charge in [-0.05, 0) is 42.0 Å². The molecular formula is C22H25N3O7S. The number of nitrogens with one attached hydrogen (secondary N) is 2. The molecule has 0 radical (unpaired) electrons. The number of morpholine rings is 1. The topological polar surface area (TPSA) is 123 Å². The van der Waals surface area contributed by atoms with E-state index in [-0.39, 0.29) is 10.5 Å². The molecule has 1 fully saturated rings. The molecule has 0 aliphatic carbocycles. The van der Waals surface area contributed by atoms with E-state index < -0.39 is 21.8 Å². The number of hydrazine groups is 1. The second-order valence-electron chi connectivity index (χ2n) is 6.93. The minimum Gasteiger partial charge on any atom is -0.493 e. The van der Waals surface area contributed by atoms with Gasteiger partial charge in [0.05, 0.1) is 32.3 Å². The van der Waals surface area contributed by atoms with Crippen LogP contribution < -0.4 is 20.3 Å². The summed E-state index contributed by atoms with van der Waals surface area (Å²) in [5.41, 5.74) is 5.49. The lowest BCUT2D eigenvalue weighted by Gasteiger charge is -2.26. The fraction of sp³-hybridized carbons (Fsp3) is 0.273. The molecule has 1 aliphatic rings. The number of benzene rings is 2. The van der Waals surface area contributed by atoms with E-state index in [4.69, 9.17) is 14.2 Å². The fourth-order valence-corrected chi connectivity index (χ4v) is 4.48. The number of hydrogen-bond acceptors (Lipinski definition) is 7. The monoisotopic (exact) mass is 475 g/mol. The van der Waals surface area contributed by atoms with Crippen LogP contribution >= 0.6 is 0 Å². The molecule has 11 heteroatoms. The summed E-state index contributed by atoms with van der Waals surface area (Å²) in [5, 5.41) is 0. The first-order valence-electron chi connectivity index (χ1n) is 10.0. The highest BCUT2D eigenvalue weighted by atomic mass is 32.2. The fourth-order valence-electron chi connectivity index (χ4n) is 3.07. The lowest BCUT2D eigenvalue weighted by Crippen LogP contribution is -2.40. The van der Waals surface area contributed by atoms with Gasteiger partial charge in [0, 0.05) is 24.7 Å². The third kappa shape index (κ3) is 6.09. The van der Waals surface area contributed by atoms with Crippen molar-refractivity contribution in [3.8, 4) is 11.5 Å². The molecule has 2 N–H and O–H groups in total. The molecule has 0 unspecified atom stereocenters. The summed E-state index contributed by atoms with van der Waals surface area (Å²) in [7, 11) is -0.637. The molecule has 1 heterocycles. The predicted octanol–water partition coefficient (Wildman–Crippen LogP) is 1.20. The van der Waals surface area contributed by atoms with Crippen molar-refractivity contribution in [1.82, 2.24) is 15.2 Å². The minimum absolute atomic E-state index is 0.174. The van der Waals surface area contributed by atoms with E-state index in [0.717, 1.165) is 0 Å². The Kier molecular flexibility index (Phi) is 8.04. The zero-order chi connectivity index (χ0) is 23.8. The van der Waals surface area contributed by atoms with Crippen molar-refractivity contribution >= 4 is 27.9 Å². The highest BCUT2D eigenvalue weighted by molar-refractivity contribution is 7.89. The second kappa shape index (κ2) is 10.9. The predicted molar refractivity (Wildman–Crippen MR) is 120 cm³/mol. The van der Waals surface area contributed by atoms with Crippen molar-refractivity contribution in [1.29, 1.82) is 0 Å². The van der Waals surface area contributed by atoms with Gasteiger partial charge in [-0.2, -0.15) is 4.31 Å². The molecule has 0 aromatic heterocycles. The third-order valence-electron chi connectivity index (χ3n) is 4.86. The Morgan fingerprint density at radius 2 is 1.64 bits per heavy atom. The number of ether oxygens (including phenoxy) is 3. The van der Waals surface area contributed by atoms with Gasteiger partial charge in [-0.25, -0.2) is 8.42 Å². The summed E-state index contributed by atoms with van der Waals surface area (Å²) in [6.07, 6.45) is 2.73. The summed E-state index contributed by atoms with van der Waals surface area (Å²) >= 11 is 0. The Labute approximate surface area is 192 Å². The largest absolute Gasteiger partial charge is 0.493 e. The molecule has 2 aromatic carbocycles. The highest BCUT2D eigenvalue weighted by Gasteiger charge is 2.25. The maximum atomic E-state index is 12.6. The van der Waals surface area contributed by atoms with Crippen molar-refractivity contribution in [3.63, 3.8) is 0 Å². The number of rotatable bonds is 7. The Morgan fingerprint density at radius 1 is 0.970 bits per heavy atom. The van der Waals surface area contributed by atoms with Gasteiger partial charge >= 0.3 is 0 Å². The third-order valence-corrected chi connectivity index (χ3v) is 6.77. The standard InChI is InChI=1S/C22H25N3O7S/c1-30-19-9-6-17(15-20(19)31-2)22(27)24-23-21(26)10-5-16-3-7-18(8-4-16)33(28,29)25-11-13-32-14-12-25/h3-10,15H,11-14H2,1-2H3,(H,23,26)(H,24,27)/b10-5+. The first-order chi connectivity index (χ1) is 15.8. The first kappa shape index (κ1) is 24.2. The summed E-state index contributed by atoms with van der Waals surface area (Å²) in [6, 6.07) is 10.8. The molecule has 176 valence electrons. The number of sulfonamides is 1. The van der Waals surface area contributed by atoms with Crippen LogP contribution in [-0.4, -0.2) is 65.1 Å². The van der Waals surface area contributed by atoms with Crippen molar-refractivity contribution in [3.05, 3.63) is 59.7 Å². The zero-order valence-electron chi connectivity index (χ0n) is 18.2. The van der Waals surface area contributed by atoms with Gasteiger partial charge in [-0.1, -0.05) is 12.1 Å². The van der Waals surface area contributed by atoms with Crippen LogP contribution in [0, 0.1) is 0 Å². The normalized spacial score (nSPS) is 14.6. The number of amides is 2. The summed E-state index contributed by atoms with van der Waals surface area (Å²) in [4.78, 5) is 24.4.